The van der Waals surface area contributed by atoms with Crippen LogP contribution in [0.5, 0.6) is 0 Å². The van der Waals surface area contributed by atoms with Gasteiger partial charge in [-0.2, -0.15) is 0 Å². The number of carbonyl (C=O) groups excluding carboxylic acids is 1. The van der Waals surface area contributed by atoms with Crippen molar-refractivity contribution in [3.63, 3.8) is 0 Å². The first kappa shape index (κ1) is 11.2. The Balaban J connectivity index is 3.33. The first-order valence-corrected chi connectivity index (χ1v) is 4.34. The van der Waals surface area contributed by atoms with E-state index in [-0.39, 0.29) is 12.1 Å². The molecule has 4 nitrogen and oxygen atoms in total. The molecule has 4 heteroatoms. The number of rotatable bonds is 5. The van der Waals surface area contributed by atoms with Gasteiger partial charge in [0, 0.05) is 12.6 Å². The molecule has 0 aromatic rings. The minimum absolute atomic E-state index is 0.220. The second-order valence-corrected chi connectivity index (χ2v) is 2.59. The highest BCUT2D eigenvalue weighted by Crippen LogP contribution is 1.84. The average Bonchev–Trinajstić information content (AvgIpc) is 2.02. The molecule has 0 spiro atoms. The van der Waals surface area contributed by atoms with Gasteiger partial charge in [0.15, 0.2) is 0 Å². The van der Waals surface area contributed by atoms with Crippen molar-refractivity contribution >= 4 is 6.09 Å². The van der Waals surface area contributed by atoms with Gasteiger partial charge in [-0.3, -0.25) is 0 Å². The summed E-state index contributed by atoms with van der Waals surface area (Å²) in [5, 5.41) is 5.69. The summed E-state index contributed by atoms with van der Waals surface area (Å²) < 4.78 is 4.88. The maximum absolute atomic E-state index is 10.8. The molecule has 0 aliphatic rings. The molecule has 0 fully saturated rings. The van der Waals surface area contributed by atoms with Gasteiger partial charge in [0.1, 0.15) is 6.61 Å². The van der Waals surface area contributed by atoms with Gasteiger partial charge in [0.2, 0.25) is 0 Å². The molecule has 0 aliphatic heterocycles. The van der Waals surface area contributed by atoms with Crippen molar-refractivity contribution in [1.29, 1.82) is 0 Å². The summed E-state index contributed by atoms with van der Waals surface area (Å²) in [6, 6.07) is 0.220. The van der Waals surface area contributed by atoms with Crippen LogP contribution in [0.3, 0.4) is 0 Å². The summed E-state index contributed by atoms with van der Waals surface area (Å²) in [4.78, 5) is 10.8. The molecule has 72 valence electrons. The zero-order valence-electron chi connectivity index (χ0n) is 8.02. The average molecular weight is 174 g/mol. The lowest BCUT2D eigenvalue weighted by Gasteiger charge is -2.12. The molecule has 0 bridgehead atoms. The molecule has 0 aromatic carbocycles. The van der Waals surface area contributed by atoms with Crippen molar-refractivity contribution in [2.24, 2.45) is 0 Å². The standard InChI is InChI=1S/C8H18N2O2/c1-4-9-7(3)6-12-8(11)10-5-2/h7,9H,4-6H2,1-3H3,(H,10,11). The quantitative estimate of drug-likeness (QED) is 0.646. The monoisotopic (exact) mass is 174 g/mol. The van der Waals surface area contributed by atoms with Gasteiger partial charge in [0.05, 0.1) is 0 Å². The first-order chi connectivity index (χ1) is 5.70. The van der Waals surface area contributed by atoms with Crippen LogP contribution in [-0.2, 0) is 4.74 Å². The number of likely N-dealkylation sites (N-methyl/N-ethyl adjacent to an activating group) is 1. The molecule has 0 rings (SSSR count). The van der Waals surface area contributed by atoms with Crippen molar-refractivity contribution in [1.82, 2.24) is 10.6 Å². The van der Waals surface area contributed by atoms with E-state index in [1.54, 1.807) is 0 Å². The van der Waals surface area contributed by atoms with E-state index in [4.69, 9.17) is 4.74 Å². The lowest BCUT2D eigenvalue weighted by molar-refractivity contribution is 0.137. The van der Waals surface area contributed by atoms with E-state index >= 15 is 0 Å². The van der Waals surface area contributed by atoms with Gasteiger partial charge in [0.25, 0.3) is 0 Å². The van der Waals surface area contributed by atoms with Gasteiger partial charge < -0.3 is 15.4 Å². The highest BCUT2D eigenvalue weighted by Gasteiger charge is 2.03. The Hall–Kier alpha value is -0.770. The minimum Gasteiger partial charge on any atom is -0.448 e. The second kappa shape index (κ2) is 6.91. The van der Waals surface area contributed by atoms with E-state index in [2.05, 4.69) is 10.6 Å². The number of alkyl carbamates (subject to hydrolysis) is 1. The van der Waals surface area contributed by atoms with Crippen LogP contribution in [0.2, 0.25) is 0 Å². The van der Waals surface area contributed by atoms with Crippen molar-refractivity contribution in [2.45, 2.75) is 26.8 Å². The Morgan fingerprint density at radius 1 is 1.42 bits per heavy atom. The van der Waals surface area contributed by atoms with Crippen LogP contribution in [0.4, 0.5) is 4.79 Å². The lowest BCUT2D eigenvalue weighted by atomic mass is 10.4. The molecule has 12 heavy (non-hydrogen) atoms. The predicted octanol–water partition coefficient (Wildman–Crippen LogP) is 0.730. The molecule has 1 unspecified atom stereocenters. The van der Waals surface area contributed by atoms with Crippen LogP contribution < -0.4 is 10.6 Å². The number of amides is 1. The summed E-state index contributed by atoms with van der Waals surface area (Å²) in [6.07, 6.45) is -0.345. The highest BCUT2D eigenvalue weighted by molar-refractivity contribution is 5.66. The van der Waals surface area contributed by atoms with E-state index in [1.165, 1.54) is 0 Å². The van der Waals surface area contributed by atoms with Crippen LogP contribution in [-0.4, -0.2) is 31.8 Å². The van der Waals surface area contributed by atoms with E-state index in [0.29, 0.717) is 13.2 Å². The maximum Gasteiger partial charge on any atom is 0.407 e. The molecule has 0 aromatic heterocycles. The highest BCUT2D eigenvalue weighted by atomic mass is 16.5. The third-order valence-corrected chi connectivity index (χ3v) is 1.34. The lowest BCUT2D eigenvalue weighted by Crippen LogP contribution is -2.34. The van der Waals surface area contributed by atoms with E-state index in [9.17, 15) is 4.79 Å². The molecule has 0 radical (unpaired) electrons. The second-order valence-electron chi connectivity index (χ2n) is 2.59. The van der Waals surface area contributed by atoms with Crippen molar-refractivity contribution in [3.05, 3.63) is 0 Å². The van der Waals surface area contributed by atoms with Crippen LogP contribution >= 0.6 is 0 Å². The van der Waals surface area contributed by atoms with Gasteiger partial charge in [-0.25, -0.2) is 4.79 Å². The molecule has 0 saturated carbocycles. The SMILES string of the molecule is CCNC(=O)OCC(C)NCC. The van der Waals surface area contributed by atoms with Crippen LogP contribution in [0.25, 0.3) is 0 Å². The van der Waals surface area contributed by atoms with Gasteiger partial charge in [-0.1, -0.05) is 6.92 Å². The molecule has 0 heterocycles. The summed E-state index contributed by atoms with van der Waals surface area (Å²) in [6.45, 7) is 7.76. The first-order valence-electron chi connectivity index (χ1n) is 4.34. The number of nitrogens with one attached hydrogen (secondary N) is 2. The van der Waals surface area contributed by atoms with Crippen molar-refractivity contribution in [2.75, 3.05) is 19.7 Å². The van der Waals surface area contributed by atoms with E-state index in [0.717, 1.165) is 6.54 Å². The summed E-state index contributed by atoms with van der Waals surface area (Å²) in [7, 11) is 0. The molecule has 0 aliphatic carbocycles. The molecule has 0 saturated heterocycles. The summed E-state index contributed by atoms with van der Waals surface area (Å²) in [5.74, 6) is 0. The maximum atomic E-state index is 10.8. The Morgan fingerprint density at radius 2 is 2.08 bits per heavy atom. The van der Waals surface area contributed by atoms with Crippen LogP contribution in [0, 0.1) is 0 Å². The van der Waals surface area contributed by atoms with Crippen molar-refractivity contribution in [3.8, 4) is 0 Å². The number of hydrogen-bond acceptors (Lipinski definition) is 3. The predicted molar refractivity (Wildman–Crippen MR) is 48.2 cm³/mol. The molecular formula is C8H18N2O2. The Bertz CT molecular complexity index is 128. The van der Waals surface area contributed by atoms with Crippen molar-refractivity contribution < 1.29 is 9.53 Å². The topological polar surface area (TPSA) is 50.4 Å². The third-order valence-electron chi connectivity index (χ3n) is 1.34. The largest absolute Gasteiger partial charge is 0.448 e. The molecule has 2 N–H and O–H groups in total. The zero-order valence-corrected chi connectivity index (χ0v) is 8.02. The number of ether oxygens (including phenoxy) is 1. The van der Waals surface area contributed by atoms with Gasteiger partial charge in [-0.15, -0.1) is 0 Å². The van der Waals surface area contributed by atoms with Gasteiger partial charge in [-0.05, 0) is 20.4 Å². The summed E-state index contributed by atoms with van der Waals surface area (Å²) in [5.41, 5.74) is 0. The van der Waals surface area contributed by atoms with Gasteiger partial charge >= 0.3 is 6.09 Å². The third kappa shape index (κ3) is 5.97. The zero-order chi connectivity index (χ0) is 9.40. The number of hydrogen-bond donors (Lipinski definition) is 2. The molecule has 1 atom stereocenters. The smallest absolute Gasteiger partial charge is 0.407 e. The Kier molecular flexibility index (Phi) is 6.47. The Morgan fingerprint density at radius 3 is 2.58 bits per heavy atom. The molecular weight excluding hydrogens is 156 g/mol. The molecule has 1 amide bonds. The fourth-order valence-corrected chi connectivity index (χ4v) is 0.803. The number of carbonyl (C=O) groups is 1. The van der Waals surface area contributed by atoms with E-state index < -0.39 is 0 Å². The fraction of sp³-hybridized carbons (Fsp3) is 0.875. The summed E-state index contributed by atoms with van der Waals surface area (Å²) >= 11 is 0. The van der Waals surface area contributed by atoms with Crippen LogP contribution in [0.15, 0.2) is 0 Å². The normalized spacial score (nSPS) is 12.2. The van der Waals surface area contributed by atoms with Crippen LogP contribution in [0.1, 0.15) is 20.8 Å². The van der Waals surface area contributed by atoms with E-state index in [1.807, 2.05) is 20.8 Å². The minimum atomic E-state index is -0.345. The Labute approximate surface area is 73.7 Å². The fourth-order valence-electron chi connectivity index (χ4n) is 0.803.